The van der Waals surface area contributed by atoms with Gasteiger partial charge in [0.1, 0.15) is 6.04 Å². The van der Waals surface area contributed by atoms with Crippen LogP contribution in [-0.4, -0.2) is 26.6 Å². The molecule has 2 aromatic carbocycles. The van der Waals surface area contributed by atoms with Gasteiger partial charge in [-0.3, -0.25) is 9.10 Å². The first-order valence-electron chi connectivity index (χ1n) is 8.94. The number of rotatable bonds is 6. The number of amides is 1. The minimum atomic E-state index is -3.62. The molecule has 0 spiro atoms. The lowest BCUT2D eigenvalue weighted by atomic mass is 10.00. The van der Waals surface area contributed by atoms with Gasteiger partial charge in [0.15, 0.2) is 0 Å². The molecule has 1 amide bonds. The molecule has 0 bridgehead atoms. The summed E-state index contributed by atoms with van der Waals surface area (Å²) in [6.45, 7) is 9.46. The highest BCUT2D eigenvalue weighted by atomic mass is 32.2. The largest absolute Gasteiger partial charge is 0.348 e. The summed E-state index contributed by atoms with van der Waals surface area (Å²) in [6, 6.07) is 12.1. The average molecular weight is 389 g/mol. The topological polar surface area (TPSA) is 66.5 Å². The predicted octanol–water partition coefficient (Wildman–Crippen LogP) is 3.64. The van der Waals surface area contributed by atoms with E-state index in [0.29, 0.717) is 5.69 Å². The number of anilines is 1. The van der Waals surface area contributed by atoms with Gasteiger partial charge < -0.3 is 5.32 Å². The van der Waals surface area contributed by atoms with Crippen LogP contribution in [0.2, 0.25) is 0 Å². The number of aryl methyl sites for hydroxylation is 3. The summed E-state index contributed by atoms with van der Waals surface area (Å²) >= 11 is 0. The van der Waals surface area contributed by atoms with Crippen LogP contribution in [0.4, 0.5) is 5.69 Å². The van der Waals surface area contributed by atoms with Crippen molar-refractivity contribution in [3.05, 3.63) is 64.7 Å². The molecule has 0 aliphatic rings. The Bertz CT molecular complexity index is 921. The van der Waals surface area contributed by atoms with Gasteiger partial charge in [0.25, 0.3) is 0 Å². The summed E-state index contributed by atoms with van der Waals surface area (Å²) in [5.74, 6) is -0.339. The zero-order valence-corrected chi connectivity index (χ0v) is 17.6. The van der Waals surface area contributed by atoms with Crippen molar-refractivity contribution < 1.29 is 13.2 Å². The van der Waals surface area contributed by atoms with E-state index in [4.69, 9.17) is 0 Å². The molecule has 2 aromatic rings. The van der Waals surface area contributed by atoms with Crippen LogP contribution in [0.5, 0.6) is 0 Å². The van der Waals surface area contributed by atoms with Crippen LogP contribution in [0, 0.1) is 20.8 Å². The van der Waals surface area contributed by atoms with Gasteiger partial charge in [0.2, 0.25) is 15.9 Å². The van der Waals surface area contributed by atoms with Crippen molar-refractivity contribution in [3.8, 4) is 0 Å². The number of carbonyl (C=O) groups excluding carboxylic acids is 1. The molecule has 0 unspecified atom stereocenters. The lowest BCUT2D eigenvalue weighted by molar-refractivity contribution is -0.122. The number of hydrogen-bond donors (Lipinski definition) is 1. The van der Waals surface area contributed by atoms with Crippen LogP contribution in [0.15, 0.2) is 42.5 Å². The summed E-state index contributed by atoms with van der Waals surface area (Å²) < 4.78 is 25.9. The molecule has 2 rings (SSSR count). The van der Waals surface area contributed by atoms with Crippen LogP contribution in [0.3, 0.4) is 0 Å². The molecule has 27 heavy (non-hydrogen) atoms. The summed E-state index contributed by atoms with van der Waals surface area (Å²) in [7, 11) is -3.62. The fraction of sp³-hybridized carbons (Fsp3) is 0.381. The Morgan fingerprint density at radius 1 is 0.963 bits per heavy atom. The maximum atomic E-state index is 12.8. The van der Waals surface area contributed by atoms with Crippen molar-refractivity contribution in [2.45, 2.75) is 46.7 Å². The summed E-state index contributed by atoms with van der Waals surface area (Å²) in [5.41, 5.74) is 4.76. The van der Waals surface area contributed by atoms with Crippen molar-refractivity contribution >= 4 is 21.6 Å². The van der Waals surface area contributed by atoms with E-state index in [0.717, 1.165) is 32.8 Å². The second-order valence-corrected chi connectivity index (χ2v) is 9.02. The van der Waals surface area contributed by atoms with Crippen molar-refractivity contribution in [2.75, 3.05) is 10.6 Å². The number of benzene rings is 2. The summed E-state index contributed by atoms with van der Waals surface area (Å²) in [4.78, 5) is 12.8. The van der Waals surface area contributed by atoms with E-state index in [2.05, 4.69) is 11.4 Å². The fourth-order valence-corrected chi connectivity index (χ4v) is 4.40. The standard InChI is InChI=1S/C21H28N2O3S/c1-14-7-10-19(11-8-14)23(27(6,25)26)18(5)21(24)22-17(4)20-12-9-15(2)13-16(20)3/h7-13,17-18H,1-6H3,(H,22,24)/t17-,18+/m1/s1. The third-order valence-electron chi connectivity index (χ3n) is 4.63. The number of sulfonamides is 1. The Kier molecular flexibility index (Phi) is 6.31. The van der Waals surface area contributed by atoms with Crippen molar-refractivity contribution in [1.29, 1.82) is 0 Å². The van der Waals surface area contributed by atoms with Gasteiger partial charge in [-0.2, -0.15) is 0 Å². The molecule has 0 saturated carbocycles. The van der Waals surface area contributed by atoms with E-state index in [9.17, 15) is 13.2 Å². The molecule has 0 fully saturated rings. The molecule has 6 heteroatoms. The Hall–Kier alpha value is -2.34. The van der Waals surface area contributed by atoms with Gasteiger partial charge >= 0.3 is 0 Å². The third kappa shape index (κ3) is 5.10. The van der Waals surface area contributed by atoms with Crippen molar-refractivity contribution in [3.63, 3.8) is 0 Å². The molecule has 5 nitrogen and oxygen atoms in total. The third-order valence-corrected chi connectivity index (χ3v) is 5.87. The number of nitrogens with one attached hydrogen (secondary N) is 1. The highest BCUT2D eigenvalue weighted by Crippen LogP contribution is 2.23. The number of nitrogens with zero attached hydrogens (tertiary/aromatic N) is 1. The van der Waals surface area contributed by atoms with Gasteiger partial charge in [-0.1, -0.05) is 41.5 Å². The van der Waals surface area contributed by atoms with Crippen molar-refractivity contribution in [2.24, 2.45) is 0 Å². The molecule has 0 aliphatic carbocycles. The molecule has 2 atom stereocenters. The Balaban J connectivity index is 2.25. The van der Waals surface area contributed by atoms with E-state index in [-0.39, 0.29) is 11.9 Å². The number of hydrogen-bond acceptors (Lipinski definition) is 3. The first-order valence-corrected chi connectivity index (χ1v) is 10.8. The molecular weight excluding hydrogens is 360 g/mol. The van der Waals surface area contributed by atoms with Crippen LogP contribution < -0.4 is 9.62 Å². The predicted molar refractivity (Wildman–Crippen MR) is 110 cm³/mol. The molecular formula is C21H28N2O3S. The van der Waals surface area contributed by atoms with Gasteiger partial charge in [-0.05, 0) is 57.9 Å². The smallest absolute Gasteiger partial charge is 0.244 e. The molecule has 1 N–H and O–H groups in total. The second kappa shape index (κ2) is 8.13. The molecule has 0 aliphatic heterocycles. The molecule has 0 aromatic heterocycles. The normalized spacial score (nSPS) is 13.7. The first kappa shape index (κ1) is 21.0. The minimum Gasteiger partial charge on any atom is -0.348 e. The lowest BCUT2D eigenvalue weighted by Gasteiger charge is -2.29. The van der Waals surface area contributed by atoms with E-state index in [1.165, 1.54) is 0 Å². The fourth-order valence-electron chi connectivity index (χ4n) is 3.22. The Labute approximate surface area is 162 Å². The molecule has 0 radical (unpaired) electrons. The van der Waals surface area contributed by atoms with Crippen LogP contribution in [0.25, 0.3) is 0 Å². The van der Waals surface area contributed by atoms with Gasteiger partial charge in [-0.15, -0.1) is 0 Å². The zero-order valence-electron chi connectivity index (χ0n) is 16.8. The lowest BCUT2D eigenvalue weighted by Crippen LogP contribution is -2.48. The average Bonchev–Trinajstić information content (AvgIpc) is 2.55. The zero-order chi connectivity index (χ0) is 20.4. The van der Waals surface area contributed by atoms with Gasteiger partial charge in [-0.25, -0.2) is 8.42 Å². The van der Waals surface area contributed by atoms with Gasteiger partial charge in [0, 0.05) is 0 Å². The molecule has 0 saturated heterocycles. The van der Waals surface area contributed by atoms with Crippen LogP contribution in [-0.2, 0) is 14.8 Å². The Morgan fingerprint density at radius 3 is 2.04 bits per heavy atom. The van der Waals surface area contributed by atoms with Crippen LogP contribution >= 0.6 is 0 Å². The summed E-state index contributed by atoms with van der Waals surface area (Å²) in [6.07, 6.45) is 1.12. The van der Waals surface area contributed by atoms with E-state index in [1.54, 1.807) is 19.1 Å². The van der Waals surface area contributed by atoms with Crippen molar-refractivity contribution in [1.82, 2.24) is 5.32 Å². The monoisotopic (exact) mass is 388 g/mol. The first-order chi connectivity index (χ1) is 12.5. The quantitative estimate of drug-likeness (QED) is 0.821. The van der Waals surface area contributed by atoms with E-state index >= 15 is 0 Å². The van der Waals surface area contributed by atoms with Crippen LogP contribution in [0.1, 0.15) is 42.1 Å². The highest BCUT2D eigenvalue weighted by molar-refractivity contribution is 7.92. The maximum absolute atomic E-state index is 12.8. The maximum Gasteiger partial charge on any atom is 0.244 e. The van der Waals surface area contributed by atoms with E-state index in [1.807, 2.05) is 52.0 Å². The number of carbonyl (C=O) groups is 1. The molecule has 146 valence electrons. The minimum absolute atomic E-state index is 0.222. The van der Waals surface area contributed by atoms with E-state index < -0.39 is 16.1 Å². The SMILES string of the molecule is Cc1ccc(N([C@@H](C)C(=O)N[C@H](C)c2ccc(C)cc2C)S(C)(=O)=O)cc1. The van der Waals surface area contributed by atoms with Gasteiger partial charge in [0.05, 0.1) is 18.0 Å². The summed E-state index contributed by atoms with van der Waals surface area (Å²) in [5, 5.41) is 2.94. The molecule has 0 heterocycles. The second-order valence-electron chi connectivity index (χ2n) is 7.16. The highest BCUT2D eigenvalue weighted by Gasteiger charge is 2.30. The Morgan fingerprint density at radius 2 is 1.52 bits per heavy atom.